The van der Waals surface area contributed by atoms with Gasteiger partial charge in [-0.15, -0.1) is 5.20 Å². The van der Waals surface area contributed by atoms with Gasteiger partial charge in [0.2, 0.25) is 0 Å². The maximum absolute atomic E-state index is 12.9. The molecule has 15 heavy (non-hydrogen) atoms. The first kappa shape index (κ1) is 12.0. The number of hydrazine groups is 1. The Morgan fingerprint density at radius 1 is 1.13 bits per heavy atom. The number of nitrogens with one attached hydrogen (secondary N) is 2. The zero-order chi connectivity index (χ0) is 11.6. The number of benzene rings is 1. The second-order valence-electron chi connectivity index (χ2n) is 2.50. The average Bonchev–Trinajstić information content (AvgIpc) is 2.10. The quantitative estimate of drug-likeness (QED) is 0.362. The molecule has 0 aliphatic heterocycles. The van der Waals surface area contributed by atoms with Crippen molar-refractivity contribution in [2.75, 3.05) is 5.43 Å². The minimum atomic E-state index is -4.70. The van der Waals surface area contributed by atoms with Crippen molar-refractivity contribution in [3.8, 4) is 0 Å². The summed E-state index contributed by atoms with van der Waals surface area (Å²) >= 11 is 0. The van der Waals surface area contributed by atoms with Crippen LogP contribution < -0.4 is 10.6 Å². The summed E-state index contributed by atoms with van der Waals surface area (Å²) < 4.78 is 48.6. The molecule has 0 atom stereocenters. The van der Waals surface area contributed by atoms with Gasteiger partial charge in [0, 0.05) is 0 Å². The molecule has 0 saturated carbocycles. The molecule has 0 unspecified atom stereocenters. The van der Waals surface area contributed by atoms with E-state index in [1.54, 1.807) is 5.43 Å². The van der Waals surface area contributed by atoms with Crippen molar-refractivity contribution in [2.45, 2.75) is 0 Å². The summed E-state index contributed by atoms with van der Waals surface area (Å²) in [6.07, 6.45) is 0. The van der Waals surface area contributed by atoms with Crippen LogP contribution in [0, 0.1) is 17.5 Å². The van der Waals surface area contributed by atoms with Crippen LogP contribution in [0.15, 0.2) is 12.1 Å². The number of hydrogen-bond acceptors (Lipinski definition) is 2. The topological polar surface area (TPSA) is 81.6 Å². The van der Waals surface area contributed by atoms with Gasteiger partial charge in [-0.3, -0.25) is 0 Å². The molecule has 0 saturated heterocycles. The normalized spacial score (nSPS) is 11.5. The number of rotatable bonds is 3. The summed E-state index contributed by atoms with van der Waals surface area (Å²) in [5.41, 5.74) is 0.557. The van der Waals surface area contributed by atoms with Gasteiger partial charge in [0.05, 0.1) is 0 Å². The first-order valence-electron chi connectivity index (χ1n) is 3.53. The van der Waals surface area contributed by atoms with Crippen LogP contribution in [-0.2, 0) is 4.57 Å². The van der Waals surface area contributed by atoms with Gasteiger partial charge in [-0.2, -0.15) is 0 Å². The van der Waals surface area contributed by atoms with Gasteiger partial charge in [-0.05, 0) is 12.1 Å². The molecule has 0 aliphatic rings. The monoisotopic (exact) mass is 242 g/mol. The van der Waals surface area contributed by atoms with Gasteiger partial charge in [0.15, 0.2) is 17.5 Å². The summed E-state index contributed by atoms with van der Waals surface area (Å²) in [6, 6.07) is 1.16. The fraction of sp³-hybridized carbons (Fsp3) is 0. The first-order valence-corrected chi connectivity index (χ1v) is 5.15. The van der Waals surface area contributed by atoms with Crippen LogP contribution in [-0.4, -0.2) is 9.79 Å². The van der Waals surface area contributed by atoms with Crippen LogP contribution >= 0.6 is 7.75 Å². The van der Waals surface area contributed by atoms with Gasteiger partial charge < -0.3 is 15.2 Å². The van der Waals surface area contributed by atoms with Gasteiger partial charge in [-0.1, -0.05) is 0 Å². The Morgan fingerprint density at radius 2 is 1.67 bits per heavy atom. The minimum absolute atomic E-state index is 0.549. The zero-order valence-corrected chi connectivity index (χ0v) is 7.93. The van der Waals surface area contributed by atoms with Crippen LogP contribution in [0.2, 0.25) is 0 Å². The number of hydrogen-bond donors (Lipinski definition) is 4. The van der Waals surface area contributed by atoms with Gasteiger partial charge >= 0.3 is 7.75 Å². The molecule has 0 aliphatic carbocycles. The summed E-state index contributed by atoms with van der Waals surface area (Å²) in [5.74, 6) is -4.10. The van der Waals surface area contributed by atoms with E-state index < -0.39 is 30.9 Å². The van der Waals surface area contributed by atoms with Crippen LogP contribution in [0.5, 0.6) is 0 Å². The third-order valence-electron chi connectivity index (χ3n) is 1.37. The van der Waals surface area contributed by atoms with E-state index in [4.69, 9.17) is 9.79 Å². The maximum Gasteiger partial charge on any atom is 0.417 e. The SMILES string of the molecule is O=P(O)(O)NNc1c(F)ccc(F)c1F. The molecular formula is C6H6F3N2O3P. The molecule has 0 amide bonds. The number of anilines is 1. The van der Waals surface area contributed by atoms with E-state index in [2.05, 4.69) is 0 Å². The van der Waals surface area contributed by atoms with Crippen LogP contribution in [0.1, 0.15) is 0 Å². The molecule has 5 nitrogen and oxygen atoms in total. The minimum Gasteiger partial charge on any atom is -0.311 e. The van der Waals surface area contributed by atoms with Crippen LogP contribution in [0.25, 0.3) is 0 Å². The van der Waals surface area contributed by atoms with E-state index in [0.717, 1.165) is 0 Å². The highest BCUT2D eigenvalue weighted by atomic mass is 31.2. The Kier molecular flexibility index (Phi) is 3.35. The van der Waals surface area contributed by atoms with E-state index in [-0.39, 0.29) is 0 Å². The lowest BCUT2D eigenvalue weighted by Gasteiger charge is -2.10. The molecule has 9 heteroatoms. The molecule has 1 aromatic rings. The fourth-order valence-corrected chi connectivity index (χ4v) is 1.03. The largest absolute Gasteiger partial charge is 0.417 e. The van der Waals surface area contributed by atoms with Gasteiger partial charge in [0.1, 0.15) is 5.69 Å². The lowest BCUT2D eigenvalue weighted by Crippen LogP contribution is -2.20. The van der Waals surface area contributed by atoms with E-state index in [1.807, 2.05) is 0 Å². The Bertz CT molecular complexity index is 422. The van der Waals surface area contributed by atoms with Crippen molar-refractivity contribution in [1.82, 2.24) is 5.20 Å². The predicted molar refractivity (Wildman–Crippen MR) is 45.1 cm³/mol. The first-order chi connectivity index (χ1) is 6.81. The van der Waals surface area contributed by atoms with Crippen molar-refractivity contribution < 1.29 is 27.5 Å². The molecule has 0 radical (unpaired) electrons. The summed E-state index contributed by atoms with van der Waals surface area (Å²) in [6.45, 7) is 0. The Balaban J connectivity index is 2.94. The highest BCUT2D eigenvalue weighted by Gasteiger charge is 2.17. The second-order valence-corrected chi connectivity index (χ2v) is 3.81. The molecule has 0 bridgehead atoms. The van der Waals surface area contributed by atoms with E-state index in [9.17, 15) is 17.7 Å². The molecule has 1 rings (SSSR count). The van der Waals surface area contributed by atoms with Crippen LogP contribution in [0.3, 0.4) is 0 Å². The third-order valence-corrected chi connectivity index (χ3v) is 1.77. The highest BCUT2D eigenvalue weighted by molar-refractivity contribution is 7.49. The smallest absolute Gasteiger partial charge is 0.311 e. The molecule has 0 fully saturated rings. The van der Waals surface area contributed by atoms with Gasteiger partial charge in [0.25, 0.3) is 0 Å². The average molecular weight is 242 g/mol. The highest BCUT2D eigenvalue weighted by Crippen LogP contribution is 2.29. The number of halogens is 3. The molecule has 84 valence electrons. The van der Waals surface area contributed by atoms with Crippen molar-refractivity contribution in [3.05, 3.63) is 29.6 Å². The fourth-order valence-electron chi connectivity index (χ4n) is 0.770. The van der Waals surface area contributed by atoms with Gasteiger partial charge in [-0.25, -0.2) is 17.7 Å². The Labute approximate surface area is 82.1 Å². The Morgan fingerprint density at radius 3 is 2.20 bits per heavy atom. The summed E-state index contributed by atoms with van der Waals surface area (Å²) in [5, 5.41) is 1.32. The lowest BCUT2D eigenvalue weighted by atomic mass is 10.3. The van der Waals surface area contributed by atoms with Crippen molar-refractivity contribution in [1.29, 1.82) is 0 Å². The molecule has 0 spiro atoms. The van der Waals surface area contributed by atoms with E-state index in [1.165, 1.54) is 5.20 Å². The van der Waals surface area contributed by atoms with E-state index in [0.29, 0.717) is 12.1 Å². The van der Waals surface area contributed by atoms with Crippen molar-refractivity contribution >= 4 is 13.4 Å². The van der Waals surface area contributed by atoms with Crippen molar-refractivity contribution in [3.63, 3.8) is 0 Å². The molecule has 0 aromatic heterocycles. The molecule has 1 aromatic carbocycles. The molecular weight excluding hydrogens is 236 g/mol. The summed E-state index contributed by atoms with van der Waals surface area (Å²) in [4.78, 5) is 16.7. The summed E-state index contributed by atoms with van der Waals surface area (Å²) in [7, 11) is -4.70. The van der Waals surface area contributed by atoms with E-state index >= 15 is 0 Å². The molecule has 0 heterocycles. The lowest BCUT2D eigenvalue weighted by molar-refractivity contribution is 0.361. The zero-order valence-electron chi connectivity index (χ0n) is 7.04. The maximum atomic E-state index is 12.9. The predicted octanol–water partition coefficient (Wildman–Crippen LogP) is 1.11. The second kappa shape index (κ2) is 4.19. The molecule has 4 N–H and O–H groups in total. The third kappa shape index (κ3) is 3.21. The van der Waals surface area contributed by atoms with Crippen LogP contribution in [0.4, 0.5) is 18.9 Å². The standard InChI is InChI=1S/C6H6F3N2O3P/c7-3-1-2-4(8)6(5(3)9)10-11-15(12,13)14/h1-2,10H,(H3,11,12,13,14). The Hall–Kier alpha value is -1.08. The van der Waals surface area contributed by atoms with Crippen molar-refractivity contribution in [2.24, 2.45) is 0 Å².